The second-order valence-electron chi connectivity index (χ2n) is 7.98. The van der Waals surface area contributed by atoms with Crippen LogP contribution in [0.25, 0.3) is 0 Å². The van der Waals surface area contributed by atoms with E-state index in [2.05, 4.69) is 10.2 Å². The van der Waals surface area contributed by atoms with Gasteiger partial charge in [0.1, 0.15) is 16.7 Å². The molecule has 0 saturated carbocycles. The minimum atomic E-state index is -3.56. The van der Waals surface area contributed by atoms with Crippen LogP contribution in [0.5, 0.6) is 5.75 Å². The molecule has 2 aliphatic rings. The Hall–Kier alpha value is -1.90. The van der Waals surface area contributed by atoms with E-state index in [-0.39, 0.29) is 18.2 Å². The summed E-state index contributed by atoms with van der Waals surface area (Å²) >= 11 is 0. The number of ether oxygens (including phenoxy) is 2. The number of nitrogens with zero attached hydrogens (tertiary/aromatic N) is 2. The molecule has 8 heteroatoms. The number of H-pyrrole nitrogens is 1. The topological polar surface area (TPSA) is 84.5 Å². The van der Waals surface area contributed by atoms with Gasteiger partial charge in [-0.05, 0) is 51.3 Å². The lowest BCUT2D eigenvalue weighted by atomic mass is 10.0. The van der Waals surface area contributed by atoms with E-state index < -0.39 is 10.0 Å². The molecule has 2 saturated heterocycles. The quantitative estimate of drug-likeness (QED) is 0.744. The zero-order valence-electron chi connectivity index (χ0n) is 17.2. The fraction of sp³-hybridized carbons (Fsp3) is 0.571. The number of fused-ring (bicyclic) bond motifs is 2. The van der Waals surface area contributed by atoms with Gasteiger partial charge >= 0.3 is 0 Å². The number of nitrogens with one attached hydrogen (secondary N) is 1. The van der Waals surface area contributed by atoms with Crippen LogP contribution >= 0.6 is 0 Å². The second-order valence-corrected chi connectivity index (χ2v) is 9.76. The first kappa shape index (κ1) is 20.4. The molecule has 0 unspecified atom stereocenters. The van der Waals surface area contributed by atoms with Gasteiger partial charge in [0, 0.05) is 31.5 Å². The molecule has 2 fully saturated rings. The van der Waals surface area contributed by atoms with Crippen LogP contribution in [0, 0.1) is 13.8 Å². The van der Waals surface area contributed by atoms with Crippen molar-refractivity contribution in [3.63, 3.8) is 0 Å². The molecule has 0 radical (unpaired) electrons. The molecule has 1 N–H and O–H groups in total. The molecule has 3 atom stereocenters. The van der Waals surface area contributed by atoms with E-state index in [1.807, 2.05) is 31.2 Å². The Bertz CT molecular complexity index is 921. The van der Waals surface area contributed by atoms with Crippen LogP contribution in [0.4, 0.5) is 0 Å². The molecule has 2 bridgehead atoms. The summed E-state index contributed by atoms with van der Waals surface area (Å²) < 4.78 is 40.1. The summed E-state index contributed by atoms with van der Waals surface area (Å²) in [5.41, 5.74) is 2.26. The summed E-state index contributed by atoms with van der Waals surface area (Å²) in [4.78, 5) is 0.332. The Morgan fingerprint density at radius 2 is 1.79 bits per heavy atom. The smallest absolute Gasteiger partial charge is 0.247 e. The van der Waals surface area contributed by atoms with Crippen molar-refractivity contribution in [1.82, 2.24) is 14.5 Å². The highest BCUT2D eigenvalue weighted by molar-refractivity contribution is 7.89. The highest BCUT2D eigenvalue weighted by atomic mass is 32.2. The number of benzene rings is 1. The average Bonchev–Trinajstić information content (AvgIpc) is 3.18. The molecule has 158 valence electrons. The third-order valence-electron chi connectivity index (χ3n) is 5.92. The largest absolute Gasteiger partial charge is 0.490 e. The maximum absolute atomic E-state index is 13.4. The van der Waals surface area contributed by atoms with E-state index >= 15 is 0 Å². The molecule has 4 rings (SSSR count). The van der Waals surface area contributed by atoms with Gasteiger partial charge in [0.15, 0.2) is 0 Å². The Labute approximate surface area is 172 Å². The molecule has 2 aliphatic heterocycles. The van der Waals surface area contributed by atoms with Crippen molar-refractivity contribution in [2.24, 2.45) is 0 Å². The van der Waals surface area contributed by atoms with Crippen LogP contribution < -0.4 is 4.74 Å². The monoisotopic (exact) mass is 419 g/mol. The van der Waals surface area contributed by atoms with Crippen LogP contribution in [-0.2, 0) is 21.4 Å². The second kappa shape index (κ2) is 8.08. The number of piperidine rings is 1. The number of aryl methyl sites for hydroxylation is 2. The summed E-state index contributed by atoms with van der Waals surface area (Å²) in [7, 11) is -3.56. The number of hydrogen-bond donors (Lipinski definition) is 1. The van der Waals surface area contributed by atoms with E-state index in [9.17, 15) is 8.42 Å². The number of sulfonamides is 1. The molecular formula is C21H29N3O4S. The van der Waals surface area contributed by atoms with Gasteiger partial charge in [-0.15, -0.1) is 0 Å². The maximum Gasteiger partial charge on any atom is 0.247 e. The van der Waals surface area contributed by atoms with Crippen LogP contribution in [-0.4, -0.2) is 47.7 Å². The minimum absolute atomic E-state index is 0.0188. The fourth-order valence-electron chi connectivity index (χ4n) is 4.68. The molecule has 1 aromatic heterocycles. The predicted molar refractivity (Wildman–Crippen MR) is 109 cm³/mol. The van der Waals surface area contributed by atoms with Gasteiger partial charge in [-0.3, -0.25) is 5.10 Å². The van der Waals surface area contributed by atoms with Crippen molar-refractivity contribution in [3.05, 3.63) is 41.2 Å². The van der Waals surface area contributed by atoms with Gasteiger partial charge in [0.05, 0.1) is 18.0 Å². The molecule has 7 nitrogen and oxygen atoms in total. The van der Waals surface area contributed by atoms with Gasteiger partial charge in [0.25, 0.3) is 0 Å². The van der Waals surface area contributed by atoms with Crippen molar-refractivity contribution in [1.29, 1.82) is 0 Å². The Kier molecular flexibility index (Phi) is 5.68. The standard InChI is InChI=1S/C21H29N3O4S/c1-4-27-13-16-5-9-19(10-6-16)28-20-11-17-7-8-18(12-20)24(17)29(25,26)21-14(2)22-23-15(21)3/h5-6,9-10,17-18,20H,4,7-8,11-13H2,1-3H3,(H,22,23)/t17-,18+,20+. The summed E-state index contributed by atoms with van der Waals surface area (Å²) in [6.07, 6.45) is 3.22. The van der Waals surface area contributed by atoms with Gasteiger partial charge < -0.3 is 9.47 Å². The van der Waals surface area contributed by atoms with Gasteiger partial charge in [-0.2, -0.15) is 9.40 Å². The number of aromatic amines is 1. The Morgan fingerprint density at radius 1 is 1.14 bits per heavy atom. The van der Waals surface area contributed by atoms with E-state index in [0.29, 0.717) is 42.3 Å². The van der Waals surface area contributed by atoms with Crippen molar-refractivity contribution in [2.45, 2.75) is 76.1 Å². The molecule has 29 heavy (non-hydrogen) atoms. The maximum atomic E-state index is 13.4. The van der Waals surface area contributed by atoms with E-state index in [4.69, 9.17) is 9.47 Å². The third kappa shape index (κ3) is 3.93. The van der Waals surface area contributed by atoms with Crippen molar-refractivity contribution in [3.8, 4) is 5.75 Å². The minimum Gasteiger partial charge on any atom is -0.490 e. The molecule has 1 aromatic carbocycles. The lowest BCUT2D eigenvalue weighted by Gasteiger charge is -2.37. The highest BCUT2D eigenvalue weighted by Crippen LogP contribution is 2.41. The van der Waals surface area contributed by atoms with Crippen LogP contribution in [0.15, 0.2) is 29.2 Å². The van der Waals surface area contributed by atoms with E-state index in [1.165, 1.54) is 0 Å². The first-order valence-electron chi connectivity index (χ1n) is 10.3. The molecule has 3 heterocycles. The predicted octanol–water partition coefficient (Wildman–Crippen LogP) is 3.33. The molecule has 0 amide bonds. The average molecular weight is 420 g/mol. The zero-order chi connectivity index (χ0) is 20.6. The number of aromatic nitrogens is 2. The summed E-state index contributed by atoms with van der Waals surface area (Å²) in [6.45, 7) is 6.78. The van der Waals surface area contributed by atoms with Crippen molar-refractivity contribution >= 4 is 10.0 Å². The lowest BCUT2D eigenvalue weighted by Crippen LogP contribution is -2.49. The van der Waals surface area contributed by atoms with Crippen molar-refractivity contribution in [2.75, 3.05) is 6.61 Å². The Balaban J connectivity index is 1.45. The normalized spacial score (nSPS) is 24.7. The van der Waals surface area contributed by atoms with E-state index in [0.717, 1.165) is 24.2 Å². The first-order valence-corrected chi connectivity index (χ1v) is 11.7. The molecule has 2 aromatic rings. The number of hydrogen-bond acceptors (Lipinski definition) is 5. The third-order valence-corrected chi connectivity index (χ3v) is 8.19. The van der Waals surface area contributed by atoms with E-state index in [1.54, 1.807) is 18.2 Å². The van der Waals surface area contributed by atoms with Crippen LogP contribution in [0.1, 0.15) is 49.6 Å². The summed E-state index contributed by atoms with van der Waals surface area (Å²) in [5.74, 6) is 0.826. The lowest BCUT2D eigenvalue weighted by molar-refractivity contribution is 0.0955. The van der Waals surface area contributed by atoms with Gasteiger partial charge in [-0.1, -0.05) is 12.1 Å². The van der Waals surface area contributed by atoms with Gasteiger partial charge in [0.2, 0.25) is 10.0 Å². The van der Waals surface area contributed by atoms with Crippen LogP contribution in [0.3, 0.4) is 0 Å². The highest BCUT2D eigenvalue weighted by Gasteiger charge is 2.48. The summed E-state index contributed by atoms with van der Waals surface area (Å²) in [6, 6.07) is 7.94. The van der Waals surface area contributed by atoms with Crippen molar-refractivity contribution < 1.29 is 17.9 Å². The Morgan fingerprint density at radius 3 is 2.34 bits per heavy atom. The summed E-state index contributed by atoms with van der Waals surface area (Å²) in [5, 5.41) is 6.88. The first-order chi connectivity index (χ1) is 13.9. The number of rotatable bonds is 7. The fourth-order valence-corrected chi connectivity index (χ4v) is 6.91. The molecule has 0 spiro atoms. The van der Waals surface area contributed by atoms with Gasteiger partial charge in [-0.25, -0.2) is 8.42 Å². The zero-order valence-corrected chi connectivity index (χ0v) is 18.0. The van der Waals surface area contributed by atoms with Crippen LogP contribution in [0.2, 0.25) is 0 Å². The SMILES string of the molecule is CCOCc1ccc(O[C@H]2C[C@H]3CC[C@@H](C2)N3S(=O)(=O)c2c(C)n[nH]c2C)cc1. The molecular weight excluding hydrogens is 390 g/mol. The molecule has 0 aliphatic carbocycles.